The third kappa shape index (κ3) is 3.34. The quantitative estimate of drug-likeness (QED) is 0.663. The van der Waals surface area contributed by atoms with Crippen LogP contribution in [0.3, 0.4) is 0 Å². The molecule has 0 aliphatic carbocycles. The SMILES string of the molecule is O=C(NCC(O)c1c(F)cccc1F)c1cc(-c2cccs2)[nH]n1. The number of nitrogens with zero attached hydrogens (tertiary/aromatic N) is 1. The van der Waals surface area contributed by atoms with Crippen molar-refractivity contribution < 1.29 is 18.7 Å². The lowest BCUT2D eigenvalue weighted by Gasteiger charge is -2.13. The minimum absolute atomic E-state index is 0.125. The largest absolute Gasteiger partial charge is 0.386 e. The van der Waals surface area contributed by atoms with Crippen LogP contribution in [-0.2, 0) is 0 Å². The molecule has 0 saturated heterocycles. The molecule has 1 unspecified atom stereocenters. The van der Waals surface area contributed by atoms with Crippen LogP contribution in [0.15, 0.2) is 41.8 Å². The average molecular weight is 349 g/mol. The summed E-state index contributed by atoms with van der Waals surface area (Å²) in [4.78, 5) is 13.0. The van der Waals surface area contributed by atoms with Gasteiger partial charge >= 0.3 is 0 Å². The van der Waals surface area contributed by atoms with Gasteiger partial charge in [-0.3, -0.25) is 9.89 Å². The molecule has 3 N–H and O–H groups in total. The van der Waals surface area contributed by atoms with Crippen LogP contribution in [0.2, 0.25) is 0 Å². The second-order valence-corrected chi connectivity index (χ2v) is 5.95. The van der Waals surface area contributed by atoms with Crippen LogP contribution in [0.4, 0.5) is 8.78 Å². The van der Waals surface area contributed by atoms with Gasteiger partial charge in [0.2, 0.25) is 0 Å². The Morgan fingerprint density at radius 1 is 1.29 bits per heavy atom. The van der Waals surface area contributed by atoms with E-state index in [1.807, 2.05) is 17.5 Å². The van der Waals surface area contributed by atoms with E-state index >= 15 is 0 Å². The highest BCUT2D eigenvalue weighted by Gasteiger charge is 2.19. The van der Waals surface area contributed by atoms with Gasteiger partial charge < -0.3 is 10.4 Å². The molecule has 0 radical (unpaired) electrons. The summed E-state index contributed by atoms with van der Waals surface area (Å²) in [6, 6.07) is 8.62. The number of aromatic nitrogens is 2. The highest BCUT2D eigenvalue weighted by molar-refractivity contribution is 7.13. The lowest BCUT2D eigenvalue weighted by molar-refractivity contribution is 0.0906. The number of hydrogen-bond donors (Lipinski definition) is 3. The van der Waals surface area contributed by atoms with Crippen molar-refractivity contribution in [3.8, 4) is 10.6 Å². The Balaban J connectivity index is 1.65. The van der Waals surface area contributed by atoms with Crippen LogP contribution in [-0.4, -0.2) is 27.8 Å². The maximum Gasteiger partial charge on any atom is 0.271 e. The molecule has 1 aromatic carbocycles. The van der Waals surface area contributed by atoms with Gasteiger partial charge in [0.1, 0.15) is 17.7 Å². The smallest absolute Gasteiger partial charge is 0.271 e. The van der Waals surface area contributed by atoms with E-state index in [9.17, 15) is 18.7 Å². The molecule has 0 aliphatic rings. The van der Waals surface area contributed by atoms with Crippen LogP contribution in [0.25, 0.3) is 10.6 Å². The Morgan fingerprint density at radius 2 is 2.04 bits per heavy atom. The molecule has 2 heterocycles. The topological polar surface area (TPSA) is 78.0 Å². The monoisotopic (exact) mass is 349 g/mol. The summed E-state index contributed by atoms with van der Waals surface area (Å²) in [5.74, 6) is -2.28. The summed E-state index contributed by atoms with van der Waals surface area (Å²) < 4.78 is 27.2. The van der Waals surface area contributed by atoms with Gasteiger partial charge in [-0.25, -0.2) is 8.78 Å². The van der Waals surface area contributed by atoms with Crippen molar-refractivity contribution >= 4 is 17.2 Å². The Bertz CT molecular complexity index is 829. The van der Waals surface area contributed by atoms with Gasteiger partial charge in [-0.2, -0.15) is 5.10 Å². The molecule has 3 aromatic rings. The summed E-state index contributed by atoms with van der Waals surface area (Å²) in [5.41, 5.74) is 0.342. The number of aromatic amines is 1. The zero-order valence-electron chi connectivity index (χ0n) is 12.3. The lowest BCUT2D eigenvalue weighted by atomic mass is 10.1. The van der Waals surface area contributed by atoms with Gasteiger partial charge in [0.05, 0.1) is 16.1 Å². The molecular formula is C16H13F2N3O2S. The van der Waals surface area contributed by atoms with Crippen molar-refractivity contribution in [3.05, 3.63) is 64.7 Å². The van der Waals surface area contributed by atoms with Gasteiger partial charge in [-0.1, -0.05) is 12.1 Å². The van der Waals surface area contributed by atoms with Gasteiger partial charge in [0, 0.05) is 6.54 Å². The lowest BCUT2D eigenvalue weighted by Crippen LogP contribution is -2.29. The second-order valence-electron chi connectivity index (χ2n) is 5.01. The van der Waals surface area contributed by atoms with Crippen LogP contribution >= 0.6 is 11.3 Å². The number of benzene rings is 1. The van der Waals surface area contributed by atoms with Crippen molar-refractivity contribution in [1.29, 1.82) is 0 Å². The van der Waals surface area contributed by atoms with Crippen molar-refractivity contribution in [2.45, 2.75) is 6.10 Å². The zero-order valence-corrected chi connectivity index (χ0v) is 13.1. The summed E-state index contributed by atoms with van der Waals surface area (Å²) in [5, 5.41) is 20.9. The van der Waals surface area contributed by atoms with E-state index < -0.39 is 29.2 Å². The fraction of sp³-hybridized carbons (Fsp3) is 0.125. The number of H-pyrrole nitrogens is 1. The van der Waals surface area contributed by atoms with Crippen LogP contribution < -0.4 is 5.32 Å². The molecule has 8 heteroatoms. The first-order valence-electron chi connectivity index (χ1n) is 7.05. The predicted octanol–water partition coefficient (Wildman–Crippen LogP) is 2.88. The fourth-order valence-electron chi connectivity index (χ4n) is 2.21. The van der Waals surface area contributed by atoms with Gasteiger partial charge in [-0.15, -0.1) is 11.3 Å². The Labute approximate surface area is 140 Å². The number of rotatable bonds is 5. The van der Waals surface area contributed by atoms with Gasteiger partial charge in [0.15, 0.2) is 5.69 Å². The van der Waals surface area contributed by atoms with Crippen molar-refractivity contribution in [2.75, 3.05) is 6.54 Å². The van der Waals surface area contributed by atoms with Crippen LogP contribution in [0.5, 0.6) is 0 Å². The van der Waals surface area contributed by atoms with E-state index in [-0.39, 0.29) is 12.2 Å². The fourth-order valence-corrected chi connectivity index (χ4v) is 2.90. The molecule has 24 heavy (non-hydrogen) atoms. The van der Waals surface area contributed by atoms with Crippen molar-refractivity contribution in [1.82, 2.24) is 15.5 Å². The zero-order chi connectivity index (χ0) is 17.1. The molecule has 0 spiro atoms. The van der Waals surface area contributed by atoms with Gasteiger partial charge in [-0.05, 0) is 29.6 Å². The van der Waals surface area contributed by atoms with E-state index in [2.05, 4.69) is 15.5 Å². The number of aliphatic hydroxyl groups is 1. The molecule has 1 atom stereocenters. The summed E-state index contributed by atoms with van der Waals surface area (Å²) in [7, 11) is 0. The molecule has 2 aromatic heterocycles. The average Bonchev–Trinajstić information content (AvgIpc) is 3.23. The summed E-state index contributed by atoms with van der Waals surface area (Å²) in [6.45, 7) is -0.335. The van der Waals surface area contributed by atoms with Gasteiger partial charge in [0.25, 0.3) is 5.91 Å². The van der Waals surface area contributed by atoms with Crippen molar-refractivity contribution in [3.63, 3.8) is 0 Å². The van der Waals surface area contributed by atoms with Crippen LogP contribution in [0, 0.1) is 11.6 Å². The van der Waals surface area contributed by atoms with E-state index in [0.717, 1.165) is 17.0 Å². The first-order valence-corrected chi connectivity index (χ1v) is 7.93. The minimum Gasteiger partial charge on any atom is -0.386 e. The maximum atomic E-state index is 13.6. The first-order chi connectivity index (χ1) is 11.6. The highest BCUT2D eigenvalue weighted by Crippen LogP contribution is 2.23. The molecule has 1 amide bonds. The number of hydrogen-bond acceptors (Lipinski definition) is 4. The maximum absolute atomic E-state index is 13.6. The number of carbonyl (C=O) groups excluding carboxylic acids is 1. The van der Waals surface area contributed by atoms with E-state index in [4.69, 9.17) is 0 Å². The predicted molar refractivity (Wildman–Crippen MR) is 85.6 cm³/mol. The normalized spacial score (nSPS) is 12.1. The van der Waals surface area contributed by atoms with Crippen LogP contribution in [0.1, 0.15) is 22.2 Å². The summed E-state index contributed by atoms with van der Waals surface area (Å²) in [6.07, 6.45) is -1.49. The molecule has 0 saturated carbocycles. The third-order valence-electron chi connectivity index (χ3n) is 3.39. The van der Waals surface area contributed by atoms with Crippen molar-refractivity contribution in [2.24, 2.45) is 0 Å². The van der Waals surface area contributed by atoms with E-state index in [1.165, 1.54) is 17.4 Å². The van der Waals surface area contributed by atoms with E-state index in [0.29, 0.717) is 5.69 Å². The second kappa shape index (κ2) is 6.90. The Hall–Kier alpha value is -2.58. The highest BCUT2D eigenvalue weighted by atomic mass is 32.1. The number of aliphatic hydroxyl groups excluding tert-OH is 1. The number of halogens is 2. The first kappa shape index (κ1) is 16.3. The molecule has 124 valence electrons. The number of carbonyl (C=O) groups is 1. The number of thiophene rings is 1. The molecule has 0 fully saturated rings. The molecular weight excluding hydrogens is 336 g/mol. The number of amides is 1. The number of nitrogens with one attached hydrogen (secondary N) is 2. The summed E-state index contributed by atoms with van der Waals surface area (Å²) >= 11 is 1.49. The molecule has 0 aliphatic heterocycles. The minimum atomic E-state index is -1.49. The Kier molecular flexibility index (Phi) is 4.68. The molecule has 0 bridgehead atoms. The third-order valence-corrected chi connectivity index (χ3v) is 4.29. The molecule has 5 nitrogen and oxygen atoms in total. The van der Waals surface area contributed by atoms with E-state index in [1.54, 1.807) is 6.07 Å². The molecule has 3 rings (SSSR count). The standard InChI is InChI=1S/C16H13F2N3O2S/c17-9-3-1-4-10(18)15(9)13(22)8-19-16(23)12-7-11(20-21-12)14-5-2-6-24-14/h1-7,13,22H,8H2,(H,19,23)(H,20,21). The Morgan fingerprint density at radius 3 is 2.71 bits per heavy atom.